The van der Waals surface area contributed by atoms with Crippen LogP contribution < -0.4 is 0 Å². The lowest BCUT2D eigenvalue weighted by molar-refractivity contribution is -0.119. The largest absolute Gasteiger partial charge is 0.299 e. The van der Waals surface area contributed by atoms with Crippen LogP contribution in [0, 0.1) is 0 Å². The van der Waals surface area contributed by atoms with Crippen molar-refractivity contribution in [3.8, 4) is 0 Å². The molecule has 0 aliphatic carbocycles. The summed E-state index contributed by atoms with van der Waals surface area (Å²) < 4.78 is 0. The molecule has 2 rings (SSSR count). The Hall–Kier alpha value is -3.54. The van der Waals surface area contributed by atoms with Crippen LogP contribution in [0.15, 0.2) is 46.4 Å². The molecule has 0 fully saturated rings. The summed E-state index contributed by atoms with van der Waals surface area (Å²) >= 11 is 0. The van der Waals surface area contributed by atoms with E-state index >= 15 is 0 Å². The fourth-order valence-corrected chi connectivity index (χ4v) is 6.37. The van der Waals surface area contributed by atoms with Gasteiger partial charge in [-0.2, -0.15) is 0 Å². The first-order valence-electron chi connectivity index (χ1n) is 20.6. The standard InChI is InChI=1S/C46H68N2O4/c1-7-13-15-17-19-21-23-45(47-39-27-25-35(31-41(49)9-3)37(29-39)33-43(51)11-5)46(24-22-20-18-16-14-8-2)48-40-28-26-36(32-42(50)10-4)38(30-40)34-44(52)12-6/h25-30H,7-24,31-34H2,1-6H3. The van der Waals surface area contributed by atoms with E-state index in [-0.39, 0.29) is 23.1 Å². The Labute approximate surface area is 315 Å². The second-order valence-electron chi connectivity index (χ2n) is 14.3. The topological polar surface area (TPSA) is 93.0 Å². The zero-order valence-corrected chi connectivity index (χ0v) is 33.5. The van der Waals surface area contributed by atoms with E-state index in [1.807, 2.05) is 64.1 Å². The fraction of sp³-hybridized carbons (Fsp3) is 0.609. The van der Waals surface area contributed by atoms with Crippen LogP contribution in [0.25, 0.3) is 0 Å². The van der Waals surface area contributed by atoms with Gasteiger partial charge in [0.15, 0.2) is 0 Å². The third-order valence-electron chi connectivity index (χ3n) is 9.90. The van der Waals surface area contributed by atoms with Gasteiger partial charge in [0.25, 0.3) is 0 Å². The van der Waals surface area contributed by atoms with Crippen molar-refractivity contribution >= 4 is 45.9 Å². The number of Topliss-reactive ketones (excluding diaryl/α,β-unsaturated/α-hetero) is 4. The Kier molecular flexibility index (Phi) is 22.5. The van der Waals surface area contributed by atoms with E-state index in [9.17, 15) is 19.2 Å². The van der Waals surface area contributed by atoms with Crippen LogP contribution in [0.1, 0.15) is 179 Å². The molecule has 0 radical (unpaired) electrons. The number of benzene rings is 2. The average Bonchev–Trinajstić information content (AvgIpc) is 3.15. The van der Waals surface area contributed by atoms with Crippen LogP contribution in [-0.2, 0) is 44.9 Å². The van der Waals surface area contributed by atoms with Gasteiger partial charge in [-0.3, -0.25) is 29.2 Å². The third-order valence-corrected chi connectivity index (χ3v) is 9.90. The lowest BCUT2D eigenvalue weighted by Gasteiger charge is -2.14. The van der Waals surface area contributed by atoms with E-state index in [2.05, 4.69) is 13.8 Å². The molecule has 0 saturated carbocycles. The summed E-state index contributed by atoms with van der Waals surface area (Å²) in [5, 5.41) is 0. The number of rotatable bonds is 29. The molecule has 6 heteroatoms. The van der Waals surface area contributed by atoms with Crippen molar-refractivity contribution < 1.29 is 19.2 Å². The number of aliphatic imine (C=N–C) groups is 2. The third kappa shape index (κ3) is 17.3. The molecule has 0 unspecified atom stereocenters. The Morgan fingerprint density at radius 1 is 0.404 bits per heavy atom. The summed E-state index contributed by atoms with van der Waals surface area (Å²) in [5.74, 6) is 0.600. The van der Waals surface area contributed by atoms with Gasteiger partial charge in [0.05, 0.1) is 22.8 Å². The Morgan fingerprint density at radius 3 is 1.04 bits per heavy atom. The molecule has 0 N–H and O–H groups in total. The van der Waals surface area contributed by atoms with Gasteiger partial charge >= 0.3 is 0 Å². The minimum atomic E-state index is 0.144. The Balaban J connectivity index is 2.68. The molecular formula is C46H68N2O4. The second kappa shape index (κ2) is 26.3. The highest BCUT2D eigenvalue weighted by molar-refractivity contribution is 6.43. The molecule has 2 aromatic carbocycles. The number of carbonyl (C=O) groups is 4. The summed E-state index contributed by atoms with van der Waals surface area (Å²) in [4.78, 5) is 60.7. The van der Waals surface area contributed by atoms with E-state index in [0.717, 1.165) is 83.6 Å². The van der Waals surface area contributed by atoms with Crippen LogP contribution in [0.3, 0.4) is 0 Å². The first-order valence-corrected chi connectivity index (χ1v) is 20.6. The molecule has 0 aliphatic rings. The van der Waals surface area contributed by atoms with Crippen molar-refractivity contribution in [1.29, 1.82) is 0 Å². The molecule has 0 amide bonds. The van der Waals surface area contributed by atoms with E-state index in [1.54, 1.807) is 0 Å². The highest BCUT2D eigenvalue weighted by atomic mass is 16.1. The van der Waals surface area contributed by atoms with Gasteiger partial charge in [0.1, 0.15) is 23.1 Å². The molecule has 2 aromatic rings. The Bertz CT molecular complexity index is 1370. The van der Waals surface area contributed by atoms with E-state index in [1.165, 1.54) is 51.4 Å². The molecule has 0 bridgehead atoms. The minimum Gasteiger partial charge on any atom is -0.299 e. The van der Waals surface area contributed by atoms with Crippen LogP contribution in [0.2, 0.25) is 0 Å². The Morgan fingerprint density at radius 2 is 0.712 bits per heavy atom. The van der Waals surface area contributed by atoms with Crippen LogP contribution >= 0.6 is 0 Å². The molecular weight excluding hydrogens is 645 g/mol. The smallest absolute Gasteiger partial charge is 0.137 e. The predicted molar refractivity (Wildman–Crippen MR) is 219 cm³/mol. The maximum Gasteiger partial charge on any atom is 0.137 e. The van der Waals surface area contributed by atoms with Gasteiger partial charge in [-0.05, 0) is 72.2 Å². The van der Waals surface area contributed by atoms with Crippen LogP contribution in [0.4, 0.5) is 11.4 Å². The lowest BCUT2D eigenvalue weighted by Crippen LogP contribution is -2.15. The van der Waals surface area contributed by atoms with Gasteiger partial charge in [0.2, 0.25) is 0 Å². The molecule has 0 saturated heterocycles. The number of unbranched alkanes of at least 4 members (excludes halogenated alkanes) is 10. The maximum absolute atomic E-state index is 12.6. The maximum atomic E-state index is 12.6. The van der Waals surface area contributed by atoms with E-state index in [4.69, 9.17) is 9.98 Å². The monoisotopic (exact) mass is 713 g/mol. The number of carbonyl (C=O) groups excluding carboxylic acids is 4. The first kappa shape index (κ1) is 44.6. The fourth-order valence-electron chi connectivity index (χ4n) is 6.37. The normalized spacial score (nSPS) is 12.0. The highest BCUT2D eigenvalue weighted by Crippen LogP contribution is 2.26. The van der Waals surface area contributed by atoms with Crippen molar-refractivity contribution in [2.75, 3.05) is 0 Å². The van der Waals surface area contributed by atoms with E-state index < -0.39 is 0 Å². The number of ketones is 4. The van der Waals surface area contributed by atoms with Crippen molar-refractivity contribution in [2.45, 2.75) is 183 Å². The zero-order chi connectivity index (χ0) is 38.1. The zero-order valence-electron chi connectivity index (χ0n) is 33.5. The molecule has 0 aromatic heterocycles. The van der Waals surface area contributed by atoms with Crippen molar-refractivity contribution in [1.82, 2.24) is 0 Å². The van der Waals surface area contributed by atoms with Gasteiger partial charge in [-0.25, -0.2) is 0 Å². The number of hydrogen-bond donors (Lipinski definition) is 0. The molecule has 0 aliphatic heterocycles. The van der Waals surface area contributed by atoms with Gasteiger partial charge in [-0.15, -0.1) is 0 Å². The summed E-state index contributed by atoms with van der Waals surface area (Å²) in [6.45, 7) is 12.0. The van der Waals surface area contributed by atoms with Crippen molar-refractivity contribution in [3.05, 3.63) is 58.7 Å². The van der Waals surface area contributed by atoms with Crippen molar-refractivity contribution in [3.63, 3.8) is 0 Å². The summed E-state index contributed by atoms with van der Waals surface area (Å²) in [5.41, 5.74) is 7.06. The predicted octanol–water partition coefficient (Wildman–Crippen LogP) is 12.1. The SMILES string of the molecule is CCCCCCCCC(=Nc1ccc(CC(=O)CC)c(CC(=O)CC)c1)C(CCCCCCCC)=Nc1ccc(CC(=O)CC)c(CC(=O)CC)c1. The minimum absolute atomic E-state index is 0.144. The number of hydrogen-bond acceptors (Lipinski definition) is 6. The quantitative estimate of drug-likeness (QED) is 0.0620. The molecule has 6 nitrogen and oxygen atoms in total. The van der Waals surface area contributed by atoms with Gasteiger partial charge in [0, 0.05) is 51.4 Å². The van der Waals surface area contributed by atoms with Gasteiger partial charge < -0.3 is 0 Å². The molecule has 52 heavy (non-hydrogen) atoms. The summed E-state index contributed by atoms with van der Waals surface area (Å²) in [6.07, 6.45) is 18.7. The molecule has 0 atom stereocenters. The van der Waals surface area contributed by atoms with Crippen molar-refractivity contribution in [2.24, 2.45) is 9.98 Å². The van der Waals surface area contributed by atoms with Crippen LogP contribution in [-0.4, -0.2) is 34.6 Å². The van der Waals surface area contributed by atoms with Gasteiger partial charge in [-0.1, -0.05) is 118 Å². The summed E-state index contributed by atoms with van der Waals surface area (Å²) in [7, 11) is 0. The molecule has 0 heterocycles. The first-order chi connectivity index (χ1) is 25.2. The van der Waals surface area contributed by atoms with E-state index in [0.29, 0.717) is 51.4 Å². The average molecular weight is 713 g/mol. The lowest BCUT2D eigenvalue weighted by atomic mass is 9.95. The number of nitrogens with zero attached hydrogens (tertiary/aromatic N) is 2. The summed E-state index contributed by atoms with van der Waals surface area (Å²) in [6, 6.07) is 11.9. The second-order valence-corrected chi connectivity index (χ2v) is 14.3. The van der Waals surface area contributed by atoms with Crippen LogP contribution in [0.5, 0.6) is 0 Å². The molecule has 0 spiro atoms. The molecule has 286 valence electrons. The highest BCUT2D eigenvalue weighted by Gasteiger charge is 2.16.